The molecule has 2 N–H and O–H groups in total. The number of hydrogen-bond acceptors (Lipinski definition) is 3. The molecule has 0 saturated carbocycles. The van der Waals surface area contributed by atoms with Gasteiger partial charge < -0.3 is 15.5 Å². The lowest BCUT2D eigenvalue weighted by Gasteiger charge is -2.28. The van der Waals surface area contributed by atoms with E-state index in [1.54, 1.807) is 0 Å². The summed E-state index contributed by atoms with van der Waals surface area (Å²) in [6.07, 6.45) is 6.88. The number of hydrogen-bond donors (Lipinski definition) is 2. The molecule has 2 aliphatic rings. The van der Waals surface area contributed by atoms with Crippen molar-refractivity contribution in [1.82, 2.24) is 10.2 Å². The van der Waals surface area contributed by atoms with Crippen LogP contribution in [0.3, 0.4) is 0 Å². The van der Waals surface area contributed by atoms with Crippen molar-refractivity contribution in [3.63, 3.8) is 0 Å². The minimum absolute atomic E-state index is 0.142. The molecule has 1 amide bonds. The first kappa shape index (κ1) is 18.4. The maximum atomic E-state index is 12.3. The van der Waals surface area contributed by atoms with Crippen LogP contribution < -0.4 is 10.6 Å². The summed E-state index contributed by atoms with van der Waals surface area (Å²) in [5, 5.41) is 6.51. The Labute approximate surface area is 152 Å². The quantitative estimate of drug-likeness (QED) is 0.798. The van der Waals surface area contributed by atoms with Crippen LogP contribution in [-0.4, -0.2) is 43.5 Å². The number of benzene rings is 1. The van der Waals surface area contributed by atoms with E-state index in [4.69, 9.17) is 0 Å². The monoisotopic (exact) mass is 343 g/mol. The average Bonchev–Trinajstić information content (AvgIpc) is 3.15. The lowest BCUT2D eigenvalue weighted by Crippen LogP contribution is -2.34. The van der Waals surface area contributed by atoms with E-state index < -0.39 is 0 Å². The van der Waals surface area contributed by atoms with Crippen LogP contribution in [0.1, 0.15) is 44.6 Å². The van der Waals surface area contributed by atoms with Crippen LogP contribution >= 0.6 is 0 Å². The Balaban J connectivity index is 1.41. The molecular weight excluding hydrogens is 310 g/mol. The largest absolute Gasteiger partial charge is 0.326 e. The summed E-state index contributed by atoms with van der Waals surface area (Å²) < 4.78 is 0. The highest BCUT2D eigenvalue weighted by atomic mass is 16.1. The summed E-state index contributed by atoms with van der Waals surface area (Å²) in [5.41, 5.74) is 2.27. The van der Waals surface area contributed by atoms with Crippen LogP contribution in [-0.2, 0) is 11.2 Å². The molecule has 2 heterocycles. The molecule has 2 saturated heterocycles. The average molecular weight is 344 g/mol. The zero-order valence-electron chi connectivity index (χ0n) is 15.6. The Morgan fingerprint density at radius 1 is 1.24 bits per heavy atom. The van der Waals surface area contributed by atoms with Crippen LogP contribution in [0, 0.1) is 11.8 Å². The Morgan fingerprint density at radius 2 is 2.00 bits per heavy atom. The molecule has 3 rings (SSSR count). The van der Waals surface area contributed by atoms with Crippen LogP contribution in [0.25, 0.3) is 0 Å². The van der Waals surface area contributed by atoms with Gasteiger partial charge in [0, 0.05) is 18.7 Å². The Hall–Kier alpha value is -1.39. The third-order valence-corrected chi connectivity index (χ3v) is 5.80. The van der Waals surface area contributed by atoms with Crippen LogP contribution in [0.2, 0.25) is 0 Å². The molecule has 1 aromatic rings. The van der Waals surface area contributed by atoms with Gasteiger partial charge in [-0.05, 0) is 87.8 Å². The molecule has 0 aliphatic carbocycles. The summed E-state index contributed by atoms with van der Waals surface area (Å²) in [5.74, 6) is 1.21. The highest BCUT2D eigenvalue weighted by Gasteiger charge is 2.22. The Kier molecular flexibility index (Phi) is 6.88. The zero-order chi connectivity index (χ0) is 17.5. The molecule has 2 atom stereocenters. The fraction of sp³-hybridized carbons (Fsp3) is 0.667. The number of rotatable bonds is 7. The molecular formula is C21H33N3O. The first-order valence-corrected chi connectivity index (χ1v) is 10.0. The molecule has 0 aromatic heterocycles. The van der Waals surface area contributed by atoms with Gasteiger partial charge in [0.05, 0.1) is 0 Å². The second-order valence-corrected chi connectivity index (χ2v) is 7.83. The lowest BCUT2D eigenvalue weighted by molar-refractivity contribution is -0.117. The van der Waals surface area contributed by atoms with E-state index in [1.807, 2.05) is 12.1 Å². The molecule has 0 bridgehead atoms. The van der Waals surface area contributed by atoms with E-state index in [-0.39, 0.29) is 5.91 Å². The van der Waals surface area contributed by atoms with Gasteiger partial charge in [-0.3, -0.25) is 4.79 Å². The number of anilines is 1. The highest BCUT2D eigenvalue weighted by molar-refractivity contribution is 5.90. The van der Waals surface area contributed by atoms with Crippen LogP contribution in [0.4, 0.5) is 5.69 Å². The second-order valence-electron chi connectivity index (χ2n) is 7.83. The third kappa shape index (κ3) is 5.82. The van der Waals surface area contributed by atoms with Crippen molar-refractivity contribution in [2.24, 2.45) is 11.8 Å². The van der Waals surface area contributed by atoms with Crippen molar-refractivity contribution < 1.29 is 4.79 Å². The number of carbonyl (C=O) groups excluding carboxylic acids is 1. The summed E-state index contributed by atoms with van der Waals surface area (Å²) >= 11 is 0. The van der Waals surface area contributed by atoms with Crippen molar-refractivity contribution in [2.75, 3.05) is 38.0 Å². The van der Waals surface area contributed by atoms with Crippen LogP contribution in [0.15, 0.2) is 24.3 Å². The van der Waals surface area contributed by atoms with Crippen molar-refractivity contribution >= 4 is 11.6 Å². The molecule has 4 heteroatoms. The van der Waals surface area contributed by atoms with Gasteiger partial charge in [-0.2, -0.15) is 0 Å². The standard InChI is InChI=1S/C21H33N3O/c1-17(19-5-4-11-22-16-19)15-21(25)23-20-8-6-18(7-9-20)10-14-24-12-2-3-13-24/h6-9,17,19,22H,2-5,10-16H2,1H3,(H,23,25). The van der Waals surface area contributed by atoms with E-state index in [0.29, 0.717) is 18.3 Å². The number of piperidine rings is 1. The van der Waals surface area contributed by atoms with Crippen LogP contribution in [0.5, 0.6) is 0 Å². The fourth-order valence-corrected chi connectivity index (χ4v) is 4.08. The summed E-state index contributed by atoms with van der Waals surface area (Å²) in [6, 6.07) is 8.40. The Bertz CT molecular complexity index is 531. The topological polar surface area (TPSA) is 44.4 Å². The van der Waals surface area contributed by atoms with Gasteiger partial charge in [0.1, 0.15) is 0 Å². The van der Waals surface area contributed by atoms with Gasteiger partial charge in [0.2, 0.25) is 5.91 Å². The molecule has 138 valence electrons. The van der Waals surface area contributed by atoms with Gasteiger partial charge in [-0.25, -0.2) is 0 Å². The molecule has 1 aromatic carbocycles. The SMILES string of the molecule is CC(CC(=O)Nc1ccc(CCN2CCCC2)cc1)C1CCCNC1. The molecule has 2 aliphatic heterocycles. The normalized spacial score (nSPS) is 22.7. The van der Waals surface area contributed by atoms with E-state index in [1.165, 1.54) is 44.3 Å². The number of nitrogens with one attached hydrogen (secondary N) is 2. The van der Waals surface area contributed by atoms with Gasteiger partial charge >= 0.3 is 0 Å². The summed E-state index contributed by atoms with van der Waals surface area (Å²) in [4.78, 5) is 14.9. The van der Waals surface area contributed by atoms with Gasteiger partial charge in [0.25, 0.3) is 0 Å². The minimum Gasteiger partial charge on any atom is -0.326 e. The number of carbonyl (C=O) groups is 1. The zero-order valence-corrected chi connectivity index (χ0v) is 15.6. The van der Waals surface area contributed by atoms with E-state index in [2.05, 4.69) is 34.6 Å². The predicted molar refractivity (Wildman–Crippen MR) is 104 cm³/mol. The van der Waals surface area contributed by atoms with Crippen molar-refractivity contribution in [3.05, 3.63) is 29.8 Å². The number of likely N-dealkylation sites (tertiary alicyclic amines) is 1. The van der Waals surface area contributed by atoms with Gasteiger partial charge in [-0.1, -0.05) is 19.1 Å². The molecule has 25 heavy (non-hydrogen) atoms. The Morgan fingerprint density at radius 3 is 2.68 bits per heavy atom. The maximum Gasteiger partial charge on any atom is 0.224 e. The molecule has 4 nitrogen and oxygen atoms in total. The number of amides is 1. The summed E-state index contributed by atoms with van der Waals surface area (Å²) in [6.45, 7) is 8.04. The molecule has 2 fully saturated rings. The van der Waals surface area contributed by atoms with E-state index in [0.717, 1.165) is 31.7 Å². The molecule has 0 spiro atoms. The number of nitrogens with zero attached hydrogens (tertiary/aromatic N) is 1. The smallest absolute Gasteiger partial charge is 0.224 e. The second kappa shape index (κ2) is 9.35. The lowest BCUT2D eigenvalue weighted by atomic mass is 9.85. The van der Waals surface area contributed by atoms with E-state index in [9.17, 15) is 4.79 Å². The van der Waals surface area contributed by atoms with Crippen molar-refractivity contribution in [2.45, 2.75) is 45.4 Å². The van der Waals surface area contributed by atoms with Gasteiger partial charge in [0.15, 0.2) is 0 Å². The van der Waals surface area contributed by atoms with Crippen molar-refractivity contribution in [1.29, 1.82) is 0 Å². The molecule has 0 radical (unpaired) electrons. The first-order valence-electron chi connectivity index (χ1n) is 10.0. The summed E-state index contributed by atoms with van der Waals surface area (Å²) in [7, 11) is 0. The predicted octanol–water partition coefficient (Wildman–Crippen LogP) is 3.29. The van der Waals surface area contributed by atoms with Gasteiger partial charge in [-0.15, -0.1) is 0 Å². The van der Waals surface area contributed by atoms with Crippen molar-refractivity contribution in [3.8, 4) is 0 Å². The highest BCUT2D eigenvalue weighted by Crippen LogP contribution is 2.23. The van der Waals surface area contributed by atoms with E-state index >= 15 is 0 Å². The minimum atomic E-state index is 0.142. The maximum absolute atomic E-state index is 12.3. The molecule has 2 unspecified atom stereocenters. The third-order valence-electron chi connectivity index (χ3n) is 5.80. The first-order chi connectivity index (χ1) is 12.2. The fourth-order valence-electron chi connectivity index (χ4n) is 4.08.